The number of phenols is 1. The highest BCUT2D eigenvalue weighted by atomic mass is 35.5. The number of halogens is 1. The molecule has 24 heavy (non-hydrogen) atoms. The molecule has 0 spiro atoms. The molecular weight excluding hydrogens is 332 g/mol. The molecule has 0 aromatic heterocycles. The molecule has 0 saturated carbocycles. The molecule has 2 aromatic carbocycles. The van der Waals surface area contributed by atoms with Crippen LogP contribution in [0.2, 0.25) is 5.02 Å². The summed E-state index contributed by atoms with van der Waals surface area (Å²) >= 11 is 5.81. The van der Waals surface area contributed by atoms with E-state index in [1.807, 2.05) is 0 Å². The predicted molar refractivity (Wildman–Crippen MR) is 92.0 cm³/mol. The molecule has 0 atom stereocenters. The Kier molecular flexibility index (Phi) is 6.23. The molecule has 6 heteroatoms. The topological polar surface area (TPSA) is 65.0 Å². The molecule has 0 heterocycles. The van der Waals surface area contributed by atoms with Gasteiger partial charge >= 0.3 is 0 Å². The highest BCUT2D eigenvalue weighted by Gasteiger charge is 2.11. The van der Waals surface area contributed by atoms with Crippen molar-refractivity contribution in [2.45, 2.75) is 0 Å². The number of aromatic hydroxyl groups is 1. The molecule has 5 nitrogen and oxygen atoms in total. The number of hydrogen-bond donors (Lipinski definition) is 1. The predicted octanol–water partition coefficient (Wildman–Crippen LogP) is 3.93. The Morgan fingerprint density at radius 3 is 2.71 bits per heavy atom. The van der Waals surface area contributed by atoms with Gasteiger partial charge in [-0.15, -0.1) is 0 Å². The van der Waals surface area contributed by atoms with E-state index in [1.54, 1.807) is 30.3 Å². The van der Waals surface area contributed by atoms with Crippen molar-refractivity contribution in [3.63, 3.8) is 0 Å². The Bertz CT molecular complexity index is 755. The fourth-order valence-corrected chi connectivity index (χ4v) is 2.18. The maximum Gasteiger partial charge on any atom is 0.189 e. The van der Waals surface area contributed by atoms with E-state index < -0.39 is 0 Å². The molecule has 2 aromatic rings. The van der Waals surface area contributed by atoms with Crippen LogP contribution in [0, 0.1) is 0 Å². The van der Waals surface area contributed by atoms with Crippen LogP contribution in [0.1, 0.15) is 15.9 Å². The lowest BCUT2D eigenvalue weighted by atomic mass is 10.1. The number of benzene rings is 2. The van der Waals surface area contributed by atoms with Crippen LogP contribution >= 0.6 is 11.6 Å². The van der Waals surface area contributed by atoms with Gasteiger partial charge in [-0.25, -0.2) is 0 Å². The molecule has 0 bridgehead atoms. The van der Waals surface area contributed by atoms with Crippen molar-refractivity contribution in [3.8, 4) is 17.2 Å². The van der Waals surface area contributed by atoms with Gasteiger partial charge in [0.2, 0.25) is 0 Å². The van der Waals surface area contributed by atoms with Crippen molar-refractivity contribution >= 4 is 23.5 Å². The van der Waals surface area contributed by atoms with E-state index in [0.717, 1.165) is 5.56 Å². The molecule has 0 aliphatic rings. The Morgan fingerprint density at radius 2 is 2.00 bits per heavy atom. The number of hydrogen-bond acceptors (Lipinski definition) is 5. The summed E-state index contributed by atoms with van der Waals surface area (Å²) in [6, 6.07) is 9.86. The van der Waals surface area contributed by atoms with Gasteiger partial charge in [-0.2, -0.15) is 0 Å². The van der Waals surface area contributed by atoms with Crippen LogP contribution in [-0.2, 0) is 4.74 Å². The third-order valence-corrected chi connectivity index (χ3v) is 3.50. The van der Waals surface area contributed by atoms with Crippen LogP contribution < -0.4 is 9.47 Å². The SMILES string of the molecule is COCOc1cc(/C=C/C(=O)c2cccc(Cl)c2O)ccc1OC. The summed E-state index contributed by atoms with van der Waals surface area (Å²) in [5.74, 6) is 0.473. The van der Waals surface area contributed by atoms with Crippen LogP contribution in [0.4, 0.5) is 0 Å². The van der Waals surface area contributed by atoms with Crippen LogP contribution in [0.15, 0.2) is 42.5 Å². The first kappa shape index (κ1) is 17.8. The maximum atomic E-state index is 12.2. The lowest BCUT2D eigenvalue weighted by Crippen LogP contribution is -2.01. The Balaban J connectivity index is 2.22. The molecule has 0 unspecified atom stereocenters. The summed E-state index contributed by atoms with van der Waals surface area (Å²) < 4.78 is 15.5. The minimum Gasteiger partial charge on any atom is -0.506 e. The van der Waals surface area contributed by atoms with Gasteiger partial charge in [0.15, 0.2) is 24.1 Å². The van der Waals surface area contributed by atoms with Crippen molar-refractivity contribution in [1.82, 2.24) is 0 Å². The van der Waals surface area contributed by atoms with Crippen molar-refractivity contribution in [2.24, 2.45) is 0 Å². The summed E-state index contributed by atoms with van der Waals surface area (Å²) in [5, 5.41) is 9.97. The molecule has 2 rings (SSSR count). The summed E-state index contributed by atoms with van der Waals surface area (Å²) in [6.07, 6.45) is 2.97. The smallest absolute Gasteiger partial charge is 0.189 e. The van der Waals surface area contributed by atoms with Crippen LogP contribution in [0.3, 0.4) is 0 Å². The molecule has 0 aliphatic heterocycles. The summed E-state index contributed by atoms with van der Waals surface area (Å²) in [6.45, 7) is 0.0822. The maximum absolute atomic E-state index is 12.2. The summed E-state index contributed by atoms with van der Waals surface area (Å²) in [7, 11) is 3.06. The second-order valence-electron chi connectivity index (χ2n) is 4.79. The quantitative estimate of drug-likeness (QED) is 0.466. The van der Waals surface area contributed by atoms with E-state index in [1.165, 1.54) is 32.4 Å². The van der Waals surface area contributed by atoms with Crippen LogP contribution in [-0.4, -0.2) is 31.9 Å². The second-order valence-corrected chi connectivity index (χ2v) is 5.20. The number of carbonyl (C=O) groups excluding carboxylic acids is 1. The minimum atomic E-state index is -0.356. The van der Waals surface area contributed by atoms with Gasteiger partial charge in [0, 0.05) is 7.11 Å². The first-order valence-electron chi connectivity index (χ1n) is 7.06. The first-order chi connectivity index (χ1) is 11.6. The van der Waals surface area contributed by atoms with Gasteiger partial charge in [-0.3, -0.25) is 4.79 Å². The monoisotopic (exact) mass is 348 g/mol. The lowest BCUT2D eigenvalue weighted by Gasteiger charge is -2.10. The molecule has 126 valence electrons. The summed E-state index contributed by atoms with van der Waals surface area (Å²) in [4.78, 5) is 12.2. The minimum absolute atomic E-state index is 0.0822. The zero-order valence-electron chi connectivity index (χ0n) is 13.3. The number of ketones is 1. The zero-order chi connectivity index (χ0) is 17.5. The first-order valence-corrected chi connectivity index (χ1v) is 7.44. The number of methoxy groups -OCH3 is 2. The summed E-state index contributed by atoms with van der Waals surface area (Å²) in [5.41, 5.74) is 0.875. The number of para-hydroxylation sites is 1. The Labute approximate surface area is 145 Å². The number of rotatable bonds is 7. The molecule has 0 saturated heterocycles. The van der Waals surface area contributed by atoms with Gasteiger partial charge in [-0.1, -0.05) is 29.8 Å². The largest absolute Gasteiger partial charge is 0.506 e. The van der Waals surface area contributed by atoms with Gasteiger partial charge < -0.3 is 19.3 Å². The van der Waals surface area contributed by atoms with Gasteiger partial charge in [-0.05, 0) is 35.9 Å². The molecule has 0 amide bonds. The van der Waals surface area contributed by atoms with Crippen molar-refractivity contribution in [2.75, 3.05) is 21.0 Å². The third kappa shape index (κ3) is 4.28. The van der Waals surface area contributed by atoms with Crippen LogP contribution in [0.5, 0.6) is 17.2 Å². The molecule has 0 fully saturated rings. The number of ether oxygens (including phenoxy) is 3. The third-order valence-electron chi connectivity index (χ3n) is 3.20. The highest BCUT2D eigenvalue weighted by Crippen LogP contribution is 2.30. The zero-order valence-corrected chi connectivity index (χ0v) is 14.0. The Morgan fingerprint density at radius 1 is 1.21 bits per heavy atom. The highest BCUT2D eigenvalue weighted by molar-refractivity contribution is 6.32. The standard InChI is InChI=1S/C18H17ClO5/c1-22-11-24-17-10-12(7-9-16(17)23-2)6-8-15(20)13-4-3-5-14(19)18(13)21/h3-10,21H,11H2,1-2H3/b8-6+. The second kappa shape index (κ2) is 8.38. The average Bonchev–Trinajstić information content (AvgIpc) is 2.60. The molecule has 0 aliphatic carbocycles. The van der Waals surface area contributed by atoms with Crippen molar-refractivity contribution in [1.29, 1.82) is 0 Å². The van der Waals surface area contributed by atoms with E-state index in [9.17, 15) is 9.90 Å². The van der Waals surface area contributed by atoms with E-state index in [4.69, 9.17) is 25.8 Å². The van der Waals surface area contributed by atoms with Gasteiger partial charge in [0.05, 0.1) is 17.7 Å². The number of carbonyl (C=O) groups is 1. The fourth-order valence-electron chi connectivity index (χ4n) is 2.01. The lowest BCUT2D eigenvalue weighted by molar-refractivity contribution is 0.0491. The van der Waals surface area contributed by atoms with E-state index in [-0.39, 0.29) is 28.9 Å². The fraction of sp³-hybridized carbons (Fsp3) is 0.167. The van der Waals surface area contributed by atoms with Crippen LogP contribution in [0.25, 0.3) is 6.08 Å². The van der Waals surface area contributed by atoms with E-state index in [2.05, 4.69) is 0 Å². The van der Waals surface area contributed by atoms with Crippen molar-refractivity contribution < 1.29 is 24.1 Å². The van der Waals surface area contributed by atoms with E-state index in [0.29, 0.717) is 11.5 Å². The molecular formula is C18H17ClO5. The molecule has 0 radical (unpaired) electrons. The average molecular weight is 349 g/mol. The van der Waals surface area contributed by atoms with Gasteiger partial charge in [0.25, 0.3) is 0 Å². The Hall–Kier alpha value is -2.50. The van der Waals surface area contributed by atoms with E-state index >= 15 is 0 Å². The van der Waals surface area contributed by atoms with Gasteiger partial charge in [0.1, 0.15) is 5.75 Å². The molecule has 1 N–H and O–H groups in total. The number of allylic oxidation sites excluding steroid dienone is 1. The normalized spacial score (nSPS) is 10.8. The number of phenolic OH excluding ortho intramolecular Hbond substituents is 1. The van der Waals surface area contributed by atoms with Crippen molar-refractivity contribution in [3.05, 3.63) is 58.6 Å².